The number of carboxylic acids is 1. The van der Waals surface area contributed by atoms with Crippen molar-refractivity contribution in [3.63, 3.8) is 0 Å². The normalized spacial score (nSPS) is 11.8. The molecule has 0 aliphatic heterocycles. The van der Waals surface area contributed by atoms with E-state index in [0.717, 1.165) is 12.0 Å². The molecule has 0 saturated carbocycles. The highest BCUT2D eigenvalue weighted by molar-refractivity contribution is 5.78. The molecule has 98 valence electrons. The molecule has 5 heteroatoms. The molecule has 1 aromatic carbocycles. The van der Waals surface area contributed by atoms with Crippen LogP contribution in [-0.2, 0) is 20.7 Å². The number of benzene rings is 1. The van der Waals surface area contributed by atoms with Crippen LogP contribution in [0.1, 0.15) is 12.5 Å². The quantitative estimate of drug-likeness (QED) is 0.752. The average Bonchev–Trinajstić information content (AvgIpc) is 2.37. The second-order valence-corrected chi connectivity index (χ2v) is 3.88. The zero-order valence-corrected chi connectivity index (χ0v) is 10.3. The standard InChI is InChI=1S/C13H17NO4/c1-10(13(16)17)18-9-12(15)14-8-7-11-5-3-2-4-6-11/h2-6,10H,7-9H2,1H3,(H,14,15)(H,16,17)/t10-/m1/s1. The molecule has 18 heavy (non-hydrogen) atoms. The molecular formula is C13H17NO4. The topological polar surface area (TPSA) is 75.6 Å². The summed E-state index contributed by atoms with van der Waals surface area (Å²) < 4.78 is 4.86. The van der Waals surface area contributed by atoms with Crippen LogP contribution in [0.2, 0.25) is 0 Å². The van der Waals surface area contributed by atoms with Crippen molar-refractivity contribution in [3.8, 4) is 0 Å². The van der Waals surface area contributed by atoms with E-state index in [2.05, 4.69) is 5.32 Å². The predicted molar refractivity (Wildman–Crippen MR) is 66.2 cm³/mol. The van der Waals surface area contributed by atoms with Gasteiger partial charge in [0.2, 0.25) is 5.91 Å². The van der Waals surface area contributed by atoms with E-state index < -0.39 is 12.1 Å². The highest BCUT2D eigenvalue weighted by Crippen LogP contribution is 1.98. The maximum absolute atomic E-state index is 11.3. The van der Waals surface area contributed by atoms with Gasteiger partial charge in [-0.1, -0.05) is 30.3 Å². The van der Waals surface area contributed by atoms with Gasteiger partial charge in [-0.2, -0.15) is 0 Å². The Balaban J connectivity index is 2.16. The summed E-state index contributed by atoms with van der Waals surface area (Å²) in [7, 11) is 0. The molecule has 1 rings (SSSR count). The summed E-state index contributed by atoms with van der Waals surface area (Å²) in [5, 5.41) is 11.2. The Kier molecular flexibility index (Phi) is 5.87. The van der Waals surface area contributed by atoms with Gasteiger partial charge in [-0.3, -0.25) is 4.79 Å². The van der Waals surface area contributed by atoms with Gasteiger partial charge in [-0.25, -0.2) is 4.79 Å². The molecule has 0 aliphatic carbocycles. The van der Waals surface area contributed by atoms with E-state index in [0.29, 0.717) is 6.54 Å². The van der Waals surface area contributed by atoms with Gasteiger partial charge in [0.05, 0.1) is 0 Å². The summed E-state index contributed by atoms with van der Waals surface area (Å²) in [5.41, 5.74) is 1.14. The fourth-order valence-corrected chi connectivity index (χ4v) is 1.31. The molecule has 0 bridgehead atoms. The van der Waals surface area contributed by atoms with Crippen molar-refractivity contribution in [3.05, 3.63) is 35.9 Å². The molecule has 5 nitrogen and oxygen atoms in total. The highest BCUT2D eigenvalue weighted by Gasteiger charge is 2.12. The first-order valence-electron chi connectivity index (χ1n) is 5.74. The zero-order chi connectivity index (χ0) is 13.4. The third-order valence-corrected chi connectivity index (χ3v) is 2.39. The molecule has 1 aromatic rings. The lowest BCUT2D eigenvalue weighted by Crippen LogP contribution is -2.32. The monoisotopic (exact) mass is 251 g/mol. The van der Waals surface area contributed by atoms with Gasteiger partial charge in [-0.05, 0) is 18.9 Å². The van der Waals surface area contributed by atoms with Crippen LogP contribution in [0, 0.1) is 0 Å². The number of hydrogen-bond donors (Lipinski definition) is 2. The number of ether oxygens (including phenoxy) is 1. The number of hydrogen-bond acceptors (Lipinski definition) is 3. The van der Waals surface area contributed by atoms with Gasteiger partial charge in [0.1, 0.15) is 6.61 Å². The Hall–Kier alpha value is -1.88. The summed E-state index contributed by atoms with van der Waals surface area (Å²) in [6, 6.07) is 9.77. The molecular weight excluding hydrogens is 234 g/mol. The number of nitrogens with one attached hydrogen (secondary N) is 1. The van der Waals surface area contributed by atoms with Crippen LogP contribution in [-0.4, -0.2) is 36.2 Å². The lowest BCUT2D eigenvalue weighted by Gasteiger charge is -2.09. The minimum absolute atomic E-state index is 0.234. The van der Waals surface area contributed by atoms with Gasteiger partial charge >= 0.3 is 5.97 Å². The van der Waals surface area contributed by atoms with E-state index in [1.54, 1.807) is 0 Å². The fraction of sp³-hybridized carbons (Fsp3) is 0.385. The number of aliphatic carboxylic acids is 1. The molecule has 0 spiro atoms. The second-order valence-electron chi connectivity index (χ2n) is 3.88. The zero-order valence-electron chi connectivity index (χ0n) is 10.3. The van der Waals surface area contributed by atoms with Crippen molar-refractivity contribution in [1.82, 2.24) is 5.32 Å². The van der Waals surface area contributed by atoms with Crippen LogP contribution in [0.3, 0.4) is 0 Å². The maximum Gasteiger partial charge on any atom is 0.332 e. The second kappa shape index (κ2) is 7.45. The van der Waals surface area contributed by atoms with Crippen LogP contribution in [0.25, 0.3) is 0 Å². The third kappa shape index (κ3) is 5.45. The van der Waals surface area contributed by atoms with Gasteiger partial charge in [-0.15, -0.1) is 0 Å². The summed E-state index contributed by atoms with van der Waals surface area (Å²) in [5.74, 6) is -1.38. The Morgan fingerprint density at radius 2 is 2.00 bits per heavy atom. The van der Waals surface area contributed by atoms with Crippen molar-refractivity contribution in [1.29, 1.82) is 0 Å². The molecule has 2 N–H and O–H groups in total. The Labute approximate surface area is 106 Å². The number of amides is 1. The Morgan fingerprint density at radius 1 is 1.33 bits per heavy atom. The molecule has 1 amide bonds. The first-order chi connectivity index (χ1) is 8.59. The van der Waals surface area contributed by atoms with E-state index >= 15 is 0 Å². The van der Waals surface area contributed by atoms with E-state index in [9.17, 15) is 9.59 Å². The molecule has 0 heterocycles. The molecule has 0 fully saturated rings. The minimum atomic E-state index is -1.08. The van der Waals surface area contributed by atoms with Gasteiger partial charge in [0, 0.05) is 6.54 Å². The minimum Gasteiger partial charge on any atom is -0.479 e. The Morgan fingerprint density at radius 3 is 2.61 bits per heavy atom. The van der Waals surface area contributed by atoms with Crippen LogP contribution >= 0.6 is 0 Å². The van der Waals surface area contributed by atoms with E-state index in [1.807, 2.05) is 30.3 Å². The van der Waals surface area contributed by atoms with Gasteiger partial charge in [0.15, 0.2) is 6.10 Å². The van der Waals surface area contributed by atoms with Gasteiger partial charge < -0.3 is 15.2 Å². The fourth-order valence-electron chi connectivity index (χ4n) is 1.31. The number of carboxylic acid groups (broad SMARTS) is 1. The third-order valence-electron chi connectivity index (χ3n) is 2.39. The van der Waals surface area contributed by atoms with Crippen molar-refractivity contribution in [2.45, 2.75) is 19.4 Å². The number of carbonyl (C=O) groups is 2. The summed E-state index contributed by atoms with van der Waals surface area (Å²) >= 11 is 0. The highest BCUT2D eigenvalue weighted by atomic mass is 16.5. The SMILES string of the molecule is C[C@@H](OCC(=O)NCCc1ccccc1)C(=O)O. The molecule has 1 atom stereocenters. The van der Waals surface area contributed by atoms with Crippen molar-refractivity contribution < 1.29 is 19.4 Å². The van der Waals surface area contributed by atoms with Crippen molar-refractivity contribution in [2.75, 3.05) is 13.2 Å². The summed E-state index contributed by atoms with van der Waals surface area (Å²) in [4.78, 5) is 21.8. The van der Waals surface area contributed by atoms with Crippen LogP contribution in [0.15, 0.2) is 30.3 Å². The lowest BCUT2D eigenvalue weighted by atomic mass is 10.1. The van der Waals surface area contributed by atoms with Crippen LogP contribution in [0.5, 0.6) is 0 Å². The Bertz CT molecular complexity index is 391. The van der Waals surface area contributed by atoms with E-state index in [4.69, 9.17) is 9.84 Å². The molecule has 0 aliphatic rings. The number of carbonyl (C=O) groups excluding carboxylic acids is 1. The molecule has 0 aromatic heterocycles. The first kappa shape index (κ1) is 14.2. The summed E-state index contributed by atoms with van der Waals surface area (Å²) in [6.45, 7) is 1.66. The first-order valence-corrected chi connectivity index (χ1v) is 5.74. The average molecular weight is 251 g/mol. The van der Waals surface area contributed by atoms with E-state index in [1.165, 1.54) is 6.92 Å². The van der Waals surface area contributed by atoms with Crippen LogP contribution < -0.4 is 5.32 Å². The summed E-state index contributed by atoms with van der Waals surface area (Å²) in [6.07, 6.45) is -0.231. The largest absolute Gasteiger partial charge is 0.479 e. The maximum atomic E-state index is 11.3. The number of rotatable bonds is 7. The smallest absolute Gasteiger partial charge is 0.332 e. The predicted octanol–water partition coefficient (Wildman–Crippen LogP) is 0.835. The van der Waals surface area contributed by atoms with Crippen LogP contribution in [0.4, 0.5) is 0 Å². The van der Waals surface area contributed by atoms with Crippen molar-refractivity contribution in [2.24, 2.45) is 0 Å². The lowest BCUT2D eigenvalue weighted by molar-refractivity contribution is -0.150. The van der Waals surface area contributed by atoms with Crippen molar-refractivity contribution >= 4 is 11.9 Å². The van der Waals surface area contributed by atoms with E-state index in [-0.39, 0.29) is 12.5 Å². The van der Waals surface area contributed by atoms with Gasteiger partial charge in [0.25, 0.3) is 0 Å². The molecule has 0 unspecified atom stereocenters. The molecule has 0 radical (unpaired) electrons. The molecule has 0 saturated heterocycles.